The number of para-hydroxylation sites is 1. The second-order valence-corrected chi connectivity index (χ2v) is 5.76. The van der Waals surface area contributed by atoms with Crippen LogP contribution >= 0.6 is 0 Å². The van der Waals surface area contributed by atoms with Gasteiger partial charge in [-0.2, -0.15) is 0 Å². The van der Waals surface area contributed by atoms with Crippen LogP contribution in [0.2, 0.25) is 0 Å². The summed E-state index contributed by atoms with van der Waals surface area (Å²) in [4.78, 5) is 16.0. The van der Waals surface area contributed by atoms with E-state index in [2.05, 4.69) is 0 Å². The predicted molar refractivity (Wildman–Crippen MR) is 95.1 cm³/mol. The number of nitrogens with zero attached hydrogens (tertiary/aromatic N) is 2. The molecule has 1 saturated heterocycles. The third kappa shape index (κ3) is 3.74. The summed E-state index contributed by atoms with van der Waals surface area (Å²) in [6.45, 7) is 2.42. The Morgan fingerprint density at radius 3 is 2.33 bits per heavy atom. The Labute approximate surface area is 141 Å². The lowest BCUT2D eigenvalue weighted by Crippen LogP contribution is -2.48. The van der Waals surface area contributed by atoms with Crippen LogP contribution in [0.3, 0.4) is 0 Å². The van der Waals surface area contributed by atoms with E-state index in [1.54, 1.807) is 41.3 Å². The lowest BCUT2D eigenvalue weighted by atomic mass is 10.2. The van der Waals surface area contributed by atoms with E-state index in [9.17, 15) is 9.18 Å². The Kier molecular flexibility index (Phi) is 4.79. The van der Waals surface area contributed by atoms with Crippen molar-refractivity contribution in [2.24, 2.45) is 0 Å². The van der Waals surface area contributed by atoms with Gasteiger partial charge in [0.25, 0.3) is 0 Å². The zero-order valence-corrected chi connectivity index (χ0v) is 13.4. The minimum atomic E-state index is -0.222. The Hall–Kier alpha value is -2.82. The molecule has 0 aromatic heterocycles. The van der Waals surface area contributed by atoms with Gasteiger partial charge in [0, 0.05) is 37.9 Å². The highest BCUT2D eigenvalue weighted by Gasteiger charge is 2.21. The number of amides is 1. The number of anilines is 2. The number of benzene rings is 2. The molecule has 1 fully saturated rings. The monoisotopic (exact) mass is 325 g/mol. The van der Waals surface area contributed by atoms with E-state index in [-0.39, 0.29) is 11.7 Å². The van der Waals surface area contributed by atoms with Crippen LogP contribution in [0, 0.1) is 5.82 Å². The molecule has 2 aromatic carbocycles. The zero-order valence-electron chi connectivity index (χ0n) is 13.4. The fraction of sp³-hybridized carbons (Fsp3) is 0.211. The average Bonchev–Trinajstić information content (AvgIpc) is 2.61. The number of rotatable bonds is 3. The zero-order chi connectivity index (χ0) is 16.9. The molecule has 1 heterocycles. The number of nitrogens with two attached hydrogens (primary N) is 1. The van der Waals surface area contributed by atoms with E-state index < -0.39 is 0 Å². The normalized spacial score (nSPS) is 15.0. The van der Waals surface area contributed by atoms with Crippen LogP contribution in [-0.4, -0.2) is 37.0 Å². The van der Waals surface area contributed by atoms with Crippen molar-refractivity contribution in [3.63, 3.8) is 0 Å². The maximum Gasteiger partial charge on any atom is 0.246 e. The standard InChI is InChI=1S/C19H20FN3O/c20-17-3-1-2-4-18(17)22-11-13-23(14-12-22)19(24)10-7-15-5-8-16(21)9-6-15/h1-10H,11-14,21H2/b10-7+. The summed E-state index contributed by atoms with van der Waals surface area (Å²) >= 11 is 0. The molecule has 0 aliphatic carbocycles. The van der Waals surface area contributed by atoms with Crippen molar-refractivity contribution >= 4 is 23.4 Å². The van der Waals surface area contributed by atoms with Gasteiger partial charge in [0.15, 0.2) is 0 Å². The van der Waals surface area contributed by atoms with Gasteiger partial charge in [-0.15, -0.1) is 0 Å². The molecule has 4 nitrogen and oxygen atoms in total. The van der Waals surface area contributed by atoms with E-state index in [0.29, 0.717) is 37.6 Å². The van der Waals surface area contributed by atoms with Crippen molar-refractivity contribution in [1.29, 1.82) is 0 Å². The van der Waals surface area contributed by atoms with Crippen molar-refractivity contribution in [3.8, 4) is 0 Å². The average molecular weight is 325 g/mol. The van der Waals surface area contributed by atoms with Crippen LogP contribution in [0.25, 0.3) is 6.08 Å². The van der Waals surface area contributed by atoms with E-state index >= 15 is 0 Å². The first-order chi connectivity index (χ1) is 11.6. The maximum absolute atomic E-state index is 13.8. The summed E-state index contributed by atoms with van der Waals surface area (Å²) in [7, 11) is 0. The molecule has 0 unspecified atom stereocenters. The number of nitrogen functional groups attached to an aromatic ring is 1. The molecule has 3 rings (SSSR count). The molecule has 2 N–H and O–H groups in total. The van der Waals surface area contributed by atoms with Gasteiger partial charge in [-0.1, -0.05) is 24.3 Å². The number of piperazine rings is 1. The van der Waals surface area contributed by atoms with Gasteiger partial charge >= 0.3 is 0 Å². The summed E-state index contributed by atoms with van der Waals surface area (Å²) in [5, 5.41) is 0. The Balaban J connectivity index is 1.57. The lowest BCUT2D eigenvalue weighted by molar-refractivity contribution is -0.126. The maximum atomic E-state index is 13.8. The Morgan fingerprint density at radius 2 is 1.67 bits per heavy atom. The van der Waals surface area contributed by atoms with Gasteiger partial charge < -0.3 is 15.5 Å². The summed E-state index contributed by atoms with van der Waals surface area (Å²) in [5.74, 6) is -0.250. The quantitative estimate of drug-likeness (QED) is 0.697. The minimum Gasteiger partial charge on any atom is -0.399 e. The lowest BCUT2D eigenvalue weighted by Gasteiger charge is -2.35. The van der Waals surface area contributed by atoms with E-state index in [1.165, 1.54) is 6.07 Å². The summed E-state index contributed by atoms with van der Waals surface area (Å²) in [6, 6.07) is 14.1. The van der Waals surface area contributed by atoms with Gasteiger partial charge in [0.1, 0.15) is 5.82 Å². The first-order valence-corrected chi connectivity index (χ1v) is 7.95. The summed E-state index contributed by atoms with van der Waals surface area (Å²) < 4.78 is 13.8. The van der Waals surface area contributed by atoms with Crippen LogP contribution in [0.4, 0.5) is 15.8 Å². The fourth-order valence-electron chi connectivity index (χ4n) is 2.76. The molecule has 0 bridgehead atoms. The number of hydrogen-bond donors (Lipinski definition) is 1. The highest BCUT2D eigenvalue weighted by Crippen LogP contribution is 2.20. The Bertz CT molecular complexity index is 735. The molecule has 124 valence electrons. The van der Waals surface area contributed by atoms with Gasteiger partial charge in [-0.05, 0) is 35.9 Å². The van der Waals surface area contributed by atoms with Crippen LogP contribution in [-0.2, 0) is 4.79 Å². The molecule has 0 atom stereocenters. The molecule has 0 spiro atoms. The second-order valence-electron chi connectivity index (χ2n) is 5.76. The molecule has 1 aliphatic rings. The number of hydrogen-bond acceptors (Lipinski definition) is 3. The molecule has 0 radical (unpaired) electrons. The molecule has 24 heavy (non-hydrogen) atoms. The van der Waals surface area contributed by atoms with Crippen LogP contribution in [0.1, 0.15) is 5.56 Å². The first kappa shape index (κ1) is 16.1. The van der Waals surface area contributed by atoms with Crippen molar-refractivity contribution in [2.75, 3.05) is 36.8 Å². The largest absolute Gasteiger partial charge is 0.399 e. The van der Waals surface area contributed by atoms with E-state index in [4.69, 9.17) is 5.73 Å². The first-order valence-electron chi connectivity index (χ1n) is 7.95. The molecule has 2 aromatic rings. The number of halogens is 1. The molecular formula is C19H20FN3O. The predicted octanol–water partition coefficient (Wildman–Crippen LogP) is 2.77. The molecule has 1 aliphatic heterocycles. The highest BCUT2D eigenvalue weighted by atomic mass is 19.1. The Morgan fingerprint density at radius 1 is 1.00 bits per heavy atom. The van der Waals surface area contributed by atoms with Crippen LogP contribution in [0.15, 0.2) is 54.6 Å². The van der Waals surface area contributed by atoms with Gasteiger partial charge in [-0.25, -0.2) is 4.39 Å². The summed E-state index contributed by atoms with van der Waals surface area (Å²) in [5.41, 5.74) is 7.87. The van der Waals surface area contributed by atoms with Crippen molar-refractivity contribution in [2.45, 2.75) is 0 Å². The van der Waals surface area contributed by atoms with Crippen molar-refractivity contribution in [3.05, 3.63) is 66.0 Å². The number of carbonyl (C=O) groups excluding carboxylic acids is 1. The molecule has 5 heteroatoms. The van der Waals surface area contributed by atoms with Crippen LogP contribution < -0.4 is 10.6 Å². The van der Waals surface area contributed by atoms with Gasteiger partial charge in [-0.3, -0.25) is 4.79 Å². The van der Waals surface area contributed by atoms with Crippen molar-refractivity contribution < 1.29 is 9.18 Å². The topological polar surface area (TPSA) is 49.6 Å². The second kappa shape index (κ2) is 7.17. The van der Waals surface area contributed by atoms with E-state index in [0.717, 1.165) is 5.56 Å². The van der Waals surface area contributed by atoms with Crippen molar-refractivity contribution in [1.82, 2.24) is 4.90 Å². The smallest absolute Gasteiger partial charge is 0.246 e. The third-order valence-corrected chi connectivity index (χ3v) is 4.14. The highest BCUT2D eigenvalue weighted by molar-refractivity contribution is 5.92. The SMILES string of the molecule is Nc1ccc(/C=C/C(=O)N2CCN(c3ccccc3F)CC2)cc1. The fourth-order valence-corrected chi connectivity index (χ4v) is 2.76. The molecular weight excluding hydrogens is 305 g/mol. The van der Waals surface area contributed by atoms with E-state index in [1.807, 2.05) is 23.1 Å². The minimum absolute atomic E-state index is 0.0278. The van der Waals surface area contributed by atoms with Crippen LogP contribution in [0.5, 0.6) is 0 Å². The molecule has 1 amide bonds. The third-order valence-electron chi connectivity index (χ3n) is 4.14. The molecule has 0 saturated carbocycles. The summed E-state index contributed by atoms with van der Waals surface area (Å²) in [6.07, 6.45) is 3.36. The number of carbonyl (C=O) groups is 1. The van der Waals surface area contributed by atoms with Gasteiger partial charge in [0.2, 0.25) is 5.91 Å². The van der Waals surface area contributed by atoms with Gasteiger partial charge in [0.05, 0.1) is 5.69 Å².